The van der Waals surface area contributed by atoms with Crippen LogP contribution in [0, 0.1) is 5.41 Å². The van der Waals surface area contributed by atoms with Crippen LogP contribution in [-0.4, -0.2) is 57.9 Å². The molecule has 1 aromatic heterocycles. The van der Waals surface area contributed by atoms with Crippen molar-refractivity contribution in [3.63, 3.8) is 0 Å². The number of nitrogens with zero attached hydrogens (tertiary/aromatic N) is 5. The topological polar surface area (TPSA) is 147 Å². The summed E-state index contributed by atoms with van der Waals surface area (Å²) >= 11 is 5.98. The van der Waals surface area contributed by atoms with Crippen molar-refractivity contribution in [2.24, 2.45) is 22.2 Å². The van der Waals surface area contributed by atoms with Crippen LogP contribution in [-0.2, 0) is 0 Å². The van der Waals surface area contributed by atoms with E-state index >= 15 is 0 Å². The molecule has 0 aliphatic carbocycles. The molecular formula is C20H26ClN9. The standard InChI is InChI=1S/C13H12ClN5.C7H14N4/c1-3-7(2)11-9-6-8(14)4-5-10(9)17-13(18-11)19-12(15)16;1-2-10-3-5-11(6-4-10)7(8)9/h3-6H,1-2H2,(H4,15,16,17,18,19);2H,1,3-6H2,(H3,8,9). The molecule has 1 fully saturated rings. The van der Waals surface area contributed by atoms with Gasteiger partial charge in [0.2, 0.25) is 0 Å². The van der Waals surface area contributed by atoms with Gasteiger partial charge in [-0.2, -0.15) is 4.99 Å². The van der Waals surface area contributed by atoms with Gasteiger partial charge >= 0.3 is 0 Å². The van der Waals surface area contributed by atoms with Gasteiger partial charge in [0.25, 0.3) is 5.95 Å². The molecule has 1 aliphatic heterocycles. The number of fused-ring (bicyclic) bond motifs is 1. The zero-order valence-corrected chi connectivity index (χ0v) is 17.4. The van der Waals surface area contributed by atoms with Crippen LogP contribution in [0.25, 0.3) is 16.5 Å². The largest absolute Gasteiger partial charge is 0.374 e. The van der Waals surface area contributed by atoms with E-state index in [9.17, 15) is 0 Å². The Kier molecular flexibility index (Phi) is 7.76. The second kappa shape index (κ2) is 10.3. The first kappa shape index (κ1) is 22.7. The van der Waals surface area contributed by atoms with Gasteiger partial charge in [-0.1, -0.05) is 37.4 Å². The molecule has 0 saturated carbocycles. The van der Waals surface area contributed by atoms with Crippen molar-refractivity contribution in [2.75, 3.05) is 26.2 Å². The quantitative estimate of drug-likeness (QED) is 0.331. The van der Waals surface area contributed by atoms with Crippen LogP contribution < -0.4 is 17.2 Å². The summed E-state index contributed by atoms with van der Waals surface area (Å²) in [5.41, 5.74) is 17.9. The number of hydrogen-bond donors (Lipinski definition) is 4. The number of piperazine rings is 1. The molecule has 0 unspecified atom stereocenters. The smallest absolute Gasteiger partial charge is 0.253 e. The lowest BCUT2D eigenvalue weighted by molar-refractivity contribution is 0.235. The van der Waals surface area contributed by atoms with E-state index in [1.54, 1.807) is 24.3 Å². The van der Waals surface area contributed by atoms with Crippen molar-refractivity contribution in [1.82, 2.24) is 19.8 Å². The molecule has 1 saturated heterocycles. The zero-order chi connectivity index (χ0) is 22.3. The number of aliphatic imine (C=N–C) groups is 1. The second-order valence-electron chi connectivity index (χ2n) is 6.39. The summed E-state index contributed by atoms with van der Waals surface area (Å²) in [6, 6.07) is 5.27. The lowest BCUT2D eigenvalue weighted by Crippen LogP contribution is -2.49. The Morgan fingerprint density at radius 2 is 1.80 bits per heavy atom. The average molecular weight is 428 g/mol. The Labute approximate surface area is 180 Å². The molecule has 0 amide bonds. The van der Waals surface area contributed by atoms with Gasteiger partial charge in [-0.05, 0) is 30.0 Å². The molecule has 9 nitrogen and oxygen atoms in total. The Bertz CT molecular complexity index is 987. The van der Waals surface area contributed by atoms with E-state index in [1.165, 1.54) is 0 Å². The van der Waals surface area contributed by atoms with Crippen LogP contribution >= 0.6 is 11.6 Å². The summed E-state index contributed by atoms with van der Waals surface area (Å²) in [5.74, 6) is 0.241. The maximum atomic E-state index is 7.17. The molecule has 10 heteroatoms. The highest BCUT2D eigenvalue weighted by Crippen LogP contribution is 2.26. The third kappa shape index (κ3) is 5.95. The molecule has 2 aromatic rings. The van der Waals surface area contributed by atoms with Crippen LogP contribution in [0.2, 0.25) is 5.02 Å². The Balaban J connectivity index is 0.000000248. The second-order valence-corrected chi connectivity index (χ2v) is 6.83. The van der Waals surface area contributed by atoms with E-state index in [1.807, 2.05) is 11.1 Å². The molecule has 1 aliphatic rings. The van der Waals surface area contributed by atoms with Crippen LogP contribution in [0.3, 0.4) is 0 Å². The maximum absolute atomic E-state index is 7.17. The molecule has 1 aromatic carbocycles. The van der Waals surface area contributed by atoms with Gasteiger partial charge in [0.05, 0.1) is 11.2 Å². The molecular weight excluding hydrogens is 402 g/mol. The lowest BCUT2D eigenvalue weighted by atomic mass is 10.1. The van der Waals surface area contributed by atoms with Crippen LogP contribution in [0.1, 0.15) is 5.69 Å². The zero-order valence-electron chi connectivity index (χ0n) is 16.7. The number of hydrogen-bond acceptors (Lipinski definition) is 5. The molecule has 30 heavy (non-hydrogen) atoms. The summed E-state index contributed by atoms with van der Waals surface area (Å²) in [7, 11) is 0. The number of rotatable bonds is 4. The third-order valence-electron chi connectivity index (χ3n) is 4.34. The molecule has 2 heterocycles. The number of allylic oxidation sites excluding steroid dienone is 2. The van der Waals surface area contributed by atoms with Gasteiger partial charge in [-0.15, -0.1) is 0 Å². The minimum atomic E-state index is -0.108. The van der Waals surface area contributed by atoms with E-state index in [2.05, 4.69) is 39.6 Å². The number of guanidine groups is 2. The molecule has 0 atom stereocenters. The molecule has 0 bridgehead atoms. The van der Waals surface area contributed by atoms with Crippen LogP contribution in [0.15, 0.2) is 55.2 Å². The van der Waals surface area contributed by atoms with Gasteiger partial charge in [-0.25, -0.2) is 9.97 Å². The van der Waals surface area contributed by atoms with Gasteiger partial charge in [0.1, 0.15) is 0 Å². The fourth-order valence-electron chi connectivity index (χ4n) is 2.74. The summed E-state index contributed by atoms with van der Waals surface area (Å²) in [6.45, 7) is 14.7. The van der Waals surface area contributed by atoms with E-state index in [0.717, 1.165) is 31.6 Å². The molecule has 158 valence electrons. The predicted molar refractivity (Wildman–Crippen MR) is 125 cm³/mol. The maximum Gasteiger partial charge on any atom is 0.253 e. The molecule has 7 N–H and O–H groups in total. The summed E-state index contributed by atoms with van der Waals surface area (Å²) < 4.78 is 0. The van der Waals surface area contributed by atoms with E-state index in [-0.39, 0.29) is 17.9 Å². The van der Waals surface area contributed by atoms with Gasteiger partial charge in [0.15, 0.2) is 11.9 Å². The molecule has 3 rings (SSSR count). The van der Waals surface area contributed by atoms with E-state index in [4.69, 9.17) is 34.2 Å². The van der Waals surface area contributed by atoms with Crippen molar-refractivity contribution < 1.29 is 0 Å². The van der Waals surface area contributed by atoms with Crippen LogP contribution in [0.5, 0.6) is 0 Å². The highest BCUT2D eigenvalue weighted by molar-refractivity contribution is 6.31. The van der Waals surface area contributed by atoms with Crippen LogP contribution in [0.4, 0.5) is 5.95 Å². The van der Waals surface area contributed by atoms with Crippen molar-refractivity contribution in [2.45, 2.75) is 0 Å². The van der Waals surface area contributed by atoms with E-state index < -0.39 is 0 Å². The number of nitrogens with two attached hydrogens (primary N) is 3. The molecule has 0 spiro atoms. The first-order valence-electron chi connectivity index (χ1n) is 9.09. The van der Waals surface area contributed by atoms with Gasteiger partial charge < -0.3 is 27.0 Å². The summed E-state index contributed by atoms with van der Waals surface area (Å²) in [4.78, 5) is 16.3. The number of nitrogens with one attached hydrogen (secondary N) is 1. The highest BCUT2D eigenvalue weighted by Gasteiger charge is 2.14. The third-order valence-corrected chi connectivity index (χ3v) is 4.57. The number of aromatic nitrogens is 2. The Hall–Kier alpha value is -3.59. The summed E-state index contributed by atoms with van der Waals surface area (Å²) in [6.07, 6.45) is 3.43. The fourth-order valence-corrected chi connectivity index (χ4v) is 2.91. The number of halogens is 1. The minimum absolute atomic E-state index is 0.108. The SMILES string of the molecule is C=CC(=C)c1nc(N=C(N)N)nc2ccc(Cl)cc12.C=CN1CCN(C(=N)N)CC1. The van der Waals surface area contributed by atoms with Gasteiger partial charge in [0, 0.05) is 36.6 Å². The average Bonchev–Trinajstić information content (AvgIpc) is 2.73. The van der Waals surface area contributed by atoms with Gasteiger partial charge in [-0.3, -0.25) is 5.41 Å². The fraction of sp³-hybridized carbons (Fsp3) is 0.200. The van der Waals surface area contributed by atoms with Crippen molar-refractivity contribution in [1.29, 1.82) is 5.41 Å². The van der Waals surface area contributed by atoms with Crippen molar-refractivity contribution in [3.05, 3.63) is 60.9 Å². The minimum Gasteiger partial charge on any atom is -0.374 e. The monoisotopic (exact) mass is 427 g/mol. The van der Waals surface area contributed by atoms with Crippen molar-refractivity contribution >= 4 is 45.9 Å². The van der Waals surface area contributed by atoms with E-state index in [0.29, 0.717) is 21.8 Å². The first-order chi connectivity index (χ1) is 14.2. The highest BCUT2D eigenvalue weighted by atomic mass is 35.5. The number of benzene rings is 1. The molecule has 0 radical (unpaired) electrons. The normalized spacial score (nSPS) is 13.1. The first-order valence-corrected chi connectivity index (χ1v) is 9.47. The predicted octanol–water partition coefficient (Wildman–Crippen LogP) is 2.03. The lowest BCUT2D eigenvalue weighted by Gasteiger charge is -2.33. The Morgan fingerprint density at radius 3 is 2.33 bits per heavy atom. The van der Waals surface area contributed by atoms with Crippen molar-refractivity contribution in [3.8, 4) is 0 Å². The Morgan fingerprint density at radius 1 is 1.13 bits per heavy atom. The summed E-state index contributed by atoms with van der Waals surface area (Å²) in [5, 5.41) is 8.53.